The van der Waals surface area contributed by atoms with Crippen LogP contribution in [0.3, 0.4) is 0 Å². The lowest BCUT2D eigenvalue weighted by molar-refractivity contribution is 0.461. The Bertz CT molecular complexity index is 446. The van der Waals surface area contributed by atoms with Crippen molar-refractivity contribution in [3.8, 4) is 0 Å². The molecule has 68 valence electrons. The molecule has 0 fully saturated rings. The largest absolute Gasteiger partial charge is 0.338 e. The van der Waals surface area contributed by atoms with Crippen molar-refractivity contribution < 1.29 is 13.0 Å². The summed E-state index contributed by atoms with van der Waals surface area (Å²) < 4.78 is 30.6. The molecule has 13 heavy (non-hydrogen) atoms. The van der Waals surface area contributed by atoms with Crippen LogP contribution in [-0.2, 0) is 15.1 Å². The van der Waals surface area contributed by atoms with Crippen molar-refractivity contribution in [2.24, 2.45) is 10.2 Å². The summed E-state index contributed by atoms with van der Waals surface area (Å²) in [6.07, 6.45) is 0. The van der Waals surface area contributed by atoms with Gasteiger partial charge in [0.1, 0.15) is 0 Å². The number of nitrogens with zero attached hydrogens (tertiary/aromatic N) is 2. The van der Waals surface area contributed by atoms with Gasteiger partial charge in [0.15, 0.2) is 0 Å². The Morgan fingerprint density at radius 1 is 1.15 bits per heavy atom. The van der Waals surface area contributed by atoms with E-state index in [1.54, 1.807) is 30.3 Å². The van der Waals surface area contributed by atoms with Gasteiger partial charge in [-0.15, -0.1) is 10.2 Å². The van der Waals surface area contributed by atoms with E-state index < -0.39 is 15.1 Å². The molecule has 0 bridgehead atoms. The van der Waals surface area contributed by atoms with E-state index in [1.165, 1.54) is 0 Å². The molecule has 0 radical (unpaired) electrons. The van der Waals surface area contributed by atoms with E-state index in [9.17, 15) is 8.42 Å². The molecule has 0 amide bonds. The fraction of sp³-hybridized carbons (Fsp3) is 0.143. The number of hydrogen-bond donors (Lipinski definition) is 1. The molecule has 0 aromatic heterocycles. The zero-order chi connectivity index (χ0) is 9.53. The van der Waals surface area contributed by atoms with Gasteiger partial charge in [0.2, 0.25) is 0 Å². The maximum Gasteiger partial charge on any atom is 0.338 e. The molecule has 0 spiro atoms. The lowest BCUT2D eigenvalue weighted by atomic mass is 10.2. The maximum absolute atomic E-state index is 10.9. The topological polar surface area (TPSA) is 79.1 Å². The molecule has 1 aromatic carbocycles. The van der Waals surface area contributed by atoms with Gasteiger partial charge in [0.25, 0.3) is 0 Å². The van der Waals surface area contributed by atoms with Crippen molar-refractivity contribution in [1.29, 1.82) is 0 Å². The molecular weight excluding hydrogens is 192 g/mol. The molecule has 5 nitrogen and oxygen atoms in total. The molecule has 1 aliphatic heterocycles. The van der Waals surface area contributed by atoms with Gasteiger partial charge >= 0.3 is 15.1 Å². The zero-order valence-electron chi connectivity index (χ0n) is 6.45. The molecule has 1 heterocycles. The number of hydrogen-bond acceptors (Lipinski definition) is 4. The maximum atomic E-state index is 10.9. The molecule has 0 atom stereocenters. The SMILES string of the molecule is O=S(=O)(O)C1(c2ccccc2)N=N1. The van der Waals surface area contributed by atoms with E-state index in [-0.39, 0.29) is 0 Å². The van der Waals surface area contributed by atoms with E-state index in [1.807, 2.05) is 0 Å². The van der Waals surface area contributed by atoms with Crippen LogP contribution in [0.15, 0.2) is 40.6 Å². The Kier molecular flexibility index (Phi) is 1.52. The van der Waals surface area contributed by atoms with Crippen LogP contribution >= 0.6 is 0 Å². The summed E-state index contributed by atoms with van der Waals surface area (Å²) in [6, 6.07) is 8.16. The highest BCUT2D eigenvalue weighted by molar-refractivity contribution is 7.87. The highest BCUT2D eigenvalue weighted by Crippen LogP contribution is 2.43. The predicted molar refractivity (Wildman–Crippen MR) is 44.5 cm³/mol. The molecule has 0 saturated heterocycles. The van der Waals surface area contributed by atoms with E-state index in [2.05, 4.69) is 10.2 Å². The summed E-state index contributed by atoms with van der Waals surface area (Å²) in [5, 5.41) is 6.72. The summed E-state index contributed by atoms with van der Waals surface area (Å²) in [4.78, 5) is -1.74. The van der Waals surface area contributed by atoms with Gasteiger partial charge in [0, 0.05) is 5.56 Å². The van der Waals surface area contributed by atoms with Crippen molar-refractivity contribution in [3.05, 3.63) is 35.9 Å². The van der Waals surface area contributed by atoms with E-state index in [0.717, 1.165) is 0 Å². The molecule has 0 unspecified atom stereocenters. The minimum absolute atomic E-state index is 0.359. The van der Waals surface area contributed by atoms with Crippen molar-refractivity contribution in [2.75, 3.05) is 0 Å². The number of rotatable bonds is 2. The van der Waals surface area contributed by atoms with Gasteiger partial charge in [-0.3, -0.25) is 4.55 Å². The van der Waals surface area contributed by atoms with Crippen LogP contribution in [-0.4, -0.2) is 13.0 Å². The van der Waals surface area contributed by atoms with Crippen LogP contribution in [0.2, 0.25) is 0 Å². The third-order valence-corrected chi connectivity index (χ3v) is 2.91. The minimum atomic E-state index is -4.28. The van der Waals surface area contributed by atoms with Gasteiger partial charge in [-0.05, 0) is 0 Å². The highest BCUT2D eigenvalue weighted by atomic mass is 32.2. The lowest BCUT2D eigenvalue weighted by Crippen LogP contribution is -2.21. The third-order valence-electron chi connectivity index (χ3n) is 1.79. The molecule has 0 saturated carbocycles. The van der Waals surface area contributed by atoms with Crippen molar-refractivity contribution in [3.63, 3.8) is 0 Å². The van der Waals surface area contributed by atoms with Gasteiger partial charge in [0.05, 0.1) is 0 Å². The first-order chi connectivity index (χ1) is 6.06. The van der Waals surface area contributed by atoms with Gasteiger partial charge in [-0.1, -0.05) is 30.3 Å². The fourth-order valence-electron chi connectivity index (χ4n) is 1.07. The van der Waals surface area contributed by atoms with Gasteiger partial charge in [-0.25, -0.2) is 0 Å². The molecule has 1 aliphatic rings. The van der Waals surface area contributed by atoms with Crippen molar-refractivity contribution >= 4 is 10.1 Å². The monoisotopic (exact) mass is 198 g/mol. The Morgan fingerprint density at radius 3 is 2.08 bits per heavy atom. The third kappa shape index (κ3) is 1.14. The zero-order valence-corrected chi connectivity index (χ0v) is 7.27. The Hall–Kier alpha value is -1.27. The average Bonchev–Trinajstić information content (AvgIpc) is 2.84. The van der Waals surface area contributed by atoms with Gasteiger partial charge < -0.3 is 0 Å². The number of benzene rings is 1. The predicted octanol–water partition coefficient (Wildman–Crippen LogP) is 1.15. The summed E-state index contributed by atoms with van der Waals surface area (Å²) in [5.41, 5.74) is 0.359. The smallest absolute Gasteiger partial charge is 0.282 e. The van der Waals surface area contributed by atoms with Crippen LogP contribution < -0.4 is 0 Å². The van der Waals surface area contributed by atoms with Crippen molar-refractivity contribution in [2.45, 2.75) is 4.99 Å². The Morgan fingerprint density at radius 2 is 1.69 bits per heavy atom. The minimum Gasteiger partial charge on any atom is -0.282 e. The first-order valence-corrected chi connectivity index (χ1v) is 4.97. The first kappa shape index (κ1) is 8.33. The van der Waals surface area contributed by atoms with E-state index in [4.69, 9.17) is 4.55 Å². The summed E-state index contributed by atoms with van der Waals surface area (Å²) in [7, 11) is -4.28. The molecule has 1 N–H and O–H groups in total. The Labute approximate surface area is 74.9 Å². The highest BCUT2D eigenvalue weighted by Gasteiger charge is 2.54. The summed E-state index contributed by atoms with van der Waals surface area (Å²) >= 11 is 0. The van der Waals surface area contributed by atoms with Crippen LogP contribution in [0.4, 0.5) is 0 Å². The van der Waals surface area contributed by atoms with Crippen molar-refractivity contribution in [1.82, 2.24) is 0 Å². The van der Waals surface area contributed by atoms with E-state index >= 15 is 0 Å². The fourth-order valence-corrected chi connectivity index (χ4v) is 1.75. The quantitative estimate of drug-likeness (QED) is 0.724. The van der Waals surface area contributed by atoms with Crippen LogP contribution in [0.25, 0.3) is 0 Å². The average molecular weight is 198 g/mol. The second-order valence-electron chi connectivity index (χ2n) is 2.65. The normalized spacial score (nSPS) is 18.5. The molecule has 2 rings (SSSR count). The lowest BCUT2D eigenvalue weighted by Gasteiger charge is -2.05. The van der Waals surface area contributed by atoms with Crippen LogP contribution in [0.1, 0.15) is 5.56 Å². The van der Waals surface area contributed by atoms with Crippen LogP contribution in [0.5, 0.6) is 0 Å². The standard InChI is InChI=1S/C7H6N2O3S/c10-13(11,12)7(8-9-7)6-4-2-1-3-5-6/h1-5H,(H,10,11,12). The second kappa shape index (κ2) is 2.36. The van der Waals surface area contributed by atoms with Crippen LogP contribution in [0, 0.1) is 0 Å². The first-order valence-electron chi connectivity index (χ1n) is 3.53. The molecule has 6 heteroatoms. The molecule has 1 aromatic rings. The second-order valence-corrected chi connectivity index (χ2v) is 4.17. The molecular formula is C7H6N2O3S. The Balaban J connectivity index is 2.50. The molecule has 0 aliphatic carbocycles. The van der Waals surface area contributed by atoms with Gasteiger partial charge in [-0.2, -0.15) is 8.42 Å². The van der Waals surface area contributed by atoms with E-state index in [0.29, 0.717) is 5.56 Å². The summed E-state index contributed by atoms with van der Waals surface area (Å²) in [5.74, 6) is 0. The summed E-state index contributed by atoms with van der Waals surface area (Å²) in [6.45, 7) is 0.